The molecule has 0 bridgehead atoms. The Balaban J connectivity index is 3.10. The predicted octanol–water partition coefficient (Wildman–Crippen LogP) is 4.09. The lowest BCUT2D eigenvalue weighted by atomic mass is 10.4. The summed E-state index contributed by atoms with van der Waals surface area (Å²) in [5, 5.41) is 2.96. The molecule has 60 valence electrons. The van der Waals surface area contributed by atoms with Gasteiger partial charge in [0.05, 0.1) is 0 Å². The van der Waals surface area contributed by atoms with Crippen LogP contribution < -0.4 is 0 Å². The Morgan fingerprint density at radius 1 is 1.40 bits per heavy atom. The van der Waals surface area contributed by atoms with E-state index in [0.717, 1.165) is 11.7 Å². The number of rotatable bonds is 5. The molecule has 0 amide bonds. The van der Waals surface area contributed by atoms with Crippen LogP contribution >= 0.6 is 21.6 Å². The first-order valence-electron chi connectivity index (χ1n) is 3.78. The average Bonchev–Trinajstić information content (AvgIpc) is 1.98. The van der Waals surface area contributed by atoms with E-state index in [1.807, 2.05) is 21.6 Å². The van der Waals surface area contributed by atoms with Crippen molar-refractivity contribution in [3.8, 4) is 0 Å². The van der Waals surface area contributed by atoms with E-state index in [0.29, 0.717) is 0 Å². The quantitative estimate of drug-likeness (QED) is 0.579. The van der Waals surface area contributed by atoms with Crippen molar-refractivity contribution in [2.45, 2.75) is 38.9 Å². The zero-order valence-corrected chi connectivity index (χ0v) is 8.60. The molecule has 0 fully saturated rings. The summed E-state index contributed by atoms with van der Waals surface area (Å²) in [7, 11) is 3.79. The predicted molar refractivity (Wildman–Crippen MR) is 54.4 cm³/mol. The molecule has 0 saturated carbocycles. The Bertz CT molecular complexity index is 89.3. The first kappa shape index (κ1) is 10.4. The number of hydrogen-bond donors (Lipinski definition) is 0. The van der Waals surface area contributed by atoms with Gasteiger partial charge in [0.1, 0.15) is 0 Å². The second-order valence-corrected chi connectivity index (χ2v) is 4.81. The highest BCUT2D eigenvalue weighted by Gasteiger charge is 1.95. The normalized spacial score (nSPS) is 14.3. The van der Waals surface area contributed by atoms with Gasteiger partial charge in [0.15, 0.2) is 0 Å². The minimum atomic E-state index is 0.784. The summed E-state index contributed by atoms with van der Waals surface area (Å²) in [6.45, 7) is 6.64. The lowest BCUT2D eigenvalue weighted by Gasteiger charge is -2.02. The maximum atomic E-state index is 2.26. The molecule has 0 radical (unpaired) electrons. The molecule has 0 heterocycles. The first-order valence-corrected chi connectivity index (χ1v) is 6.06. The summed E-state index contributed by atoms with van der Waals surface area (Å²) >= 11 is 0. The summed E-state index contributed by atoms with van der Waals surface area (Å²) in [4.78, 5) is 0. The summed E-state index contributed by atoms with van der Waals surface area (Å²) < 4.78 is 0. The smallest absolute Gasteiger partial charge is 0.0123 e. The van der Waals surface area contributed by atoms with E-state index >= 15 is 0 Å². The molecule has 0 aromatic heterocycles. The van der Waals surface area contributed by atoms with Crippen LogP contribution in [0.5, 0.6) is 0 Å². The molecule has 1 unspecified atom stereocenters. The van der Waals surface area contributed by atoms with Crippen molar-refractivity contribution >= 4 is 21.6 Å². The molecular formula is C8H16S2. The van der Waals surface area contributed by atoms with Crippen LogP contribution in [0.3, 0.4) is 0 Å². The van der Waals surface area contributed by atoms with Crippen molar-refractivity contribution in [2.75, 3.05) is 0 Å². The topological polar surface area (TPSA) is 0 Å². The first-order chi connectivity index (χ1) is 4.81. The zero-order valence-electron chi connectivity index (χ0n) is 6.96. The SMILES string of the molecule is CC/C=C\SSC(C)CC. The molecule has 10 heavy (non-hydrogen) atoms. The standard InChI is InChI=1S/C8H16S2/c1-4-6-7-9-10-8(3)5-2/h6-8H,4-5H2,1-3H3/b7-6-. The highest BCUT2D eigenvalue weighted by molar-refractivity contribution is 8.78. The molecule has 0 aliphatic heterocycles. The third kappa shape index (κ3) is 6.56. The van der Waals surface area contributed by atoms with Crippen molar-refractivity contribution in [3.05, 3.63) is 11.5 Å². The molecule has 0 nitrogen and oxygen atoms in total. The fraction of sp³-hybridized carbons (Fsp3) is 0.750. The van der Waals surface area contributed by atoms with Gasteiger partial charge in [-0.05, 0) is 18.2 Å². The van der Waals surface area contributed by atoms with Gasteiger partial charge < -0.3 is 0 Å². The van der Waals surface area contributed by atoms with Crippen LogP contribution in [0.15, 0.2) is 11.5 Å². The Morgan fingerprint density at radius 2 is 2.10 bits per heavy atom. The summed E-state index contributed by atoms with van der Waals surface area (Å²) in [6.07, 6.45) is 4.60. The van der Waals surface area contributed by atoms with E-state index in [1.165, 1.54) is 6.42 Å². The molecule has 2 heteroatoms. The fourth-order valence-corrected chi connectivity index (χ4v) is 2.40. The molecule has 0 aliphatic carbocycles. The van der Waals surface area contributed by atoms with Crippen LogP contribution in [0.25, 0.3) is 0 Å². The Hall–Kier alpha value is 0.440. The van der Waals surface area contributed by atoms with Crippen LogP contribution in [0.2, 0.25) is 0 Å². The molecule has 0 N–H and O–H groups in total. The van der Waals surface area contributed by atoms with Crippen LogP contribution in [0.4, 0.5) is 0 Å². The van der Waals surface area contributed by atoms with E-state index in [4.69, 9.17) is 0 Å². The molecule has 0 aromatic carbocycles. The third-order valence-electron chi connectivity index (χ3n) is 1.18. The van der Waals surface area contributed by atoms with E-state index < -0.39 is 0 Å². The highest BCUT2D eigenvalue weighted by Crippen LogP contribution is 2.29. The number of allylic oxidation sites excluding steroid dienone is 1. The second kappa shape index (κ2) is 7.55. The van der Waals surface area contributed by atoms with Crippen LogP contribution in [-0.2, 0) is 0 Å². The fourth-order valence-electron chi connectivity index (χ4n) is 0.330. The summed E-state index contributed by atoms with van der Waals surface area (Å²) in [6, 6.07) is 0. The van der Waals surface area contributed by atoms with Crippen molar-refractivity contribution in [2.24, 2.45) is 0 Å². The lowest BCUT2D eigenvalue weighted by molar-refractivity contribution is 0.912. The van der Waals surface area contributed by atoms with E-state index in [9.17, 15) is 0 Å². The Morgan fingerprint density at radius 3 is 2.60 bits per heavy atom. The second-order valence-electron chi connectivity index (χ2n) is 2.19. The van der Waals surface area contributed by atoms with Crippen LogP contribution in [0.1, 0.15) is 33.6 Å². The van der Waals surface area contributed by atoms with Gasteiger partial charge in [0.2, 0.25) is 0 Å². The van der Waals surface area contributed by atoms with Gasteiger partial charge >= 0.3 is 0 Å². The Kier molecular flexibility index (Phi) is 7.88. The van der Waals surface area contributed by atoms with Gasteiger partial charge in [-0.1, -0.05) is 48.4 Å². The van der Waals surface area contributed by atoms with Gasteiger partial charge in [0, 0.05) is 5.25 Å². The number of hydrogen-bond acceptors (Lipinski definition) is 2. The molecule has 1 atom stereocenters. The minimum Gasteiger partial charge on any atom is -0.0864 e. The van der Waals surface area contributed by atoms with Gasteiger partial charge in [-0.3, -0.25) is 0 Å². The van der Waals surface area contributed by atoms with Gasteiger partial charge in [-0.15, -0.1) is 0 Å². The maximum Gasteiger partial charge on any atom is 0.0123 e. The summed E-state index contributed by atoms with van der Waals surface area (Å²) in [5.41, 5.74) is 0. The van der Waals surface area contributed by atoms with E-state index in [1.54, 1.807) is 0 Å². The largest absolute Gasteiger partial charge is 0.0864 e. The lowest BCUT2D eigenvalue weighted by Crippen LogP contribution is -1.87. The molecular weight excluding hydrogens is 160 g/mol. The Labute approximate surface area is 72.3 Å². The van der Waals surface area contributed by atoms with Crippen LogP contribution in [0, 0.1) is 0 Å². The zero-order chi connectivity index (χ0) is 7.82. The van der Waals surface area contributed by atoms with Gasteiger partial charge in [-0.2, -0.15) is 0 Å². The molecule has 0 spiro atoms. The van der Waals surface area contributed by atoms with Gasteiger partial charge in [-0.25, -0.2) is 0 Å². The molecule has 0 aliphatic rings. The summed E-state index contributed by atoms with van der Waals surface area (Å²) in [5.74, 6) is 0. The van der Waals surface area contributed by atoms with Crippen molar-refractivity contribution in [1.29, 1.82) is 0 Å². The van der Waals surface area contributed by atoms with E-state index in [2.05, 4.69) is 32.3 Å². The van der Waals surface area contributed by atoms with Crippen molar-refractivity contribution in [1.82, 2.24) is 0 Å². The van der Waals surface area contributed by atoms with E-state index in [-0.39, 0.29) is 0 Å². The highest BCUT2D eigenvalue weighted by atomic mass is 33.1. The monoisotopic (exact) mass is 176 g/mol. The molecule has 0 rings (SSSR count). The van der Waals surface area contributed by atoms with Crippen molar-refractivity contribution in [3.63, 3.8) is 0 Å². The van der Waals surface area contributed by atoms with Gasteiger partial charge in [0.25, 0.3) is 0 Å². The molecule has 0 saturated heterocycles. The maximum absolute atomic E-state index is 2.26. The minimum absolute atomic E-state index is 0.784. The van der Waals surface area contributed by atoms with Crippen LogP contribution in [-0.4, -0.2) is 5.25 Å². The third-order valence-corrected chi connectivity index (χ3v) is 3.91. The average molecular weight is 176 g/mol. The van der Waals surface area contributed by atoms with Crippen molar-refractivity contribution < 1.29 is 0 Å². The molecule has 0 aromatic rings.